The van der Waals surface area contributed by atoms with Crippen molar-refractivity contribution in [3.05, 3.63) is 52.8 Å². The van der Waals surface area contributed by atoms with Crippen LogP contribution < -0.4 is 5.73 Å². The molecule has 1 heterocycles. The molecule has 0 amide bonds. The smallest absolute Gasteiger partial charge is 0.140 e. The minimum atomic E-state index is -0.153. The molecule has 3 aromatic rings. The lowest BCUT2D eigenvalue weighted by Crippen LogP contribution is -2.01. The van der Waals surface area contributed by atoms with Gasteiger partial charge in [-0.3, -0.25) is 4.57 Å². The Kier molecular flexibility index (Phi) is 3.12. The van der Waals surface area contributed by atoms with Gasteiger partial charge >= 0.3 is 0 Å². The Bertz CT molecular complexity index is 795. The molecule has 0 aliphatic rings. The zero-order valence-electron chi connectivity index (χ0n) is 11.0. The Morgan fingerprint density at radius 1 is 1.25 bits per heavy atom. The van der Waals surface area contributed by atoms with E-state index in [2.05, 4.69) is 4.98 Å². The van der Waals surface area contributed by atoms with Crippen LogP contribution >= 0.6 is 11.6 Å². The number of aliphatic hydroxyl groups is 1. The first kappa shape index (κ1) is 13.0. The van der Waals surface area contributed by atoms with Gasteiger partial charge in [0, 0.05) is 16.4 Å². The Hall–Kier alpha value is -2.04. The highest BCUT2D eigenvalue weighted by atomic mass is 35.5. The fraction of sp³-hybridized carbons (Fsp3) is 0.133. The summed E-state index contributed by atoms with van der Waals surface area (Å²) in [7, 11) is 0. The molecule has 3 N–H and O–H groups in total. The molecule has 0 fully saturated rings. The molecule has 0 atom stereocenters. The molecule has 102 valence electrons. The number of nitrogen functional groups attached to an aromatic ring is 1. The topological polar surface area (TPSA) is 64.1 Å². The van der Waals surface area contributed by atoms with Gasteiger partial charge in [-0.1, -0.05) is 17.7 Å². The monoisotopic (exact) mass is 287 g/mol. The molecule has 0 unspecified atom stereocenters. The van der Waals surface area contributed by atoms with Crippen LogP contribution in [0.25, 0.3) is 16.7 Å². The van der Waals surface area contributed by atoms with Crippen LogP contribution in [0.1, 0.15) is 11.4 Å². The molecule has 2 aromatic carbocycles. The lowest BCUT2D eigenvalue weighted by Gasteiger charge is -2.09. The van der Waals surface area contributed by atoms with Gasteiger partial charge < -0.3 is 10.8 Å². The lowest BCUT2D eigenvalue weighted by atomic mass is 10.2. The van der Waals surface area contributed by atoms with Crippen LogP contribution in [0.4, 0.5) is 5.69 Å². The number of imidazole rings is 1. The van der Waals surface area contributed by atoms with Crippen molar-refractivity contribution in [2.45, 2.75) is 13.5 Å². The third-order valence-electron chi connectivity index (χ3n) is 3.30. The quantitative estimate of drug-likeness (QED) is 0.712. The Balaban J connectivity index is 2.30. The first-order valence-electron chi connectivity index (χ1n) is 6.24. The summed E-state index contributed by atoms with van der Waals surface area (Å²) in [5.74, 6) is 0.561. The molecule has 0 aliphatic heterocycles. The lowest BCUT2D eigenvalue weighted by molar-refractivity contribution is 0.270. The highest BCUT2D eigenvalue weighted by Gasteiger charge is 2.12. The molecule has 0 radical (unpaired) electrons. The Labute approximate surface area is 121 Å². The van der Waals surface area contributed by atoms with Crippen molar-refractivity contribution in [1.29, 1.82) is 0 Å². The largest absolute Gasteiger partial charge is 0.399 e. The van der Waals surface area contributed by atoms with E-state index in [9.17, 15) is 5.11 Å². The summed E-state index contributed by atoms with van der Waals surface area (Å²) < 4.78 is 1.89. The van der Waals surface area contributed by atoms with Crippen LogP contribution in [0.5, 0.6) is 0 Å². The summed E-state index contributed by atoms with van der Waals surface area (Å²) >= 11 is 6.19. The maximum atomic E-state index is 9.53. The van der Waals surface area contributed by atoms with Crippen LogP contribution in [0.3, 0.4) is 0 Å². The molecule has 20 heavy (non-hydrogen) atoms. The van der Waals surface area contributed by atoms with E-state index >= 15 is 0 Å². The van der Waals surface area contributed by atoms with Crippen molar-refractivity contribution >= 4 is 28.3 Å². The van der Waals surface area contributed by atoms with Crippen LogP contribution in [-0.2, 0) is 6.61 Å². The predicted molar refractivity (Wildman–Crippen MR) is 81.2 cm³/mol. The van der Waals surface area contributed by atoms with Crippen molar-refractivity contribution in [3.63, 3.8) is 0 Å². The number of benzene rings is 2. The minimum absolute atomic E-state index is 0.153. The van der Waals surface area contributed by atoms with E-state index in [0.717, 1.165) is 22.3 Å². The van der Waals surface area contributed by atoms with Gasteiger partial charge in [0.25, 0.3) is 0 Å². The van der Waals surface area contributed by atoms with Crippen molar-refractivity contribution < 1.29 is 5.11 Å². The maximum absolute atomic E-state index is 9.53. The van der Waals surface area contributed by atoms with E-state index in [-0.39, 0.29) is 6.61 Å². The van der Waals surface area contributed by atoms with Gasteiger partial charge in [-0.2, -0.15) is 0 Å². The summed E-state index contributed by atoms with van der Waals surface area (Å²) in [6.07, 6.45) is 0. The van der Waals surface area contributed by atoms with Gasteiger partial charge in [0.1, 0.15) is 12.4 Å². The van der Waals surface area contributed by atoms with Gasteiger partial charge in [0.15, 0.2) is 0 Å². The normalized spacial score (nSPS) is 11.2. The second-order valence-electron chi connectivity index (χ2n) is 4.70. The van der Waals surface area contributed by atoms with Crippen LogP contribution in [0.15, 0.2) is 36.4 Å². The fourth-order valence-electron chi connectivity index (χ4n) is 2.26. The minimum Gasteiger partial charge on any atom is -0.399 e. The van der Waals surface area contributed by atoms with Gasteiger partial charge in [0.05, 0.1) is 11.0 Å². The number of aromatic nitrogens is 2. The second-order valence-corrected chi connectivity index (χ2v) is 5.11. The Morgan fingerprint density at radius 3 is 2.75 bits per heavy atom. The molecule has 0 spiro atoms. The number of hydrogen-bond acceptors (Lipinski definition) is 3. The fourth-order valence-corrected chi connectivity index (χ4v) is 2.44. The number of rotatable bonds is 2. The molecule has 5 heteroatoms. The van der Waals surface area contributed by atoms with E-state index < -0.39 is 0 Å². The van der Waals surface area contributed by atoms with E-state index in [1.54, 1.807) is 6.07 Å². The number of aryl methyl sites for hydroxylation is 1. The number of fused-ring (bicyclic) bond motifs is 1. The molecule has 3 rings (SSSR count). The summed E-state index contributed by atoms with van der Waals surface area (Å²) in [5.41, 5.74) is 9.95. The van der Waals surface area contributed by atoms with Crippen LogP contribution in [-0.4, -0.2) is 14.7 Å². The van der Waals surface area contributed by atoms with Crippen molar-refractivity contribution in [2.75, 3.05) is 5.73 Å². The molecule has 1 aromatic heterocycles. The zero-order chi connectivity index (χ0) is 14.3. The van der Waals surface area contributed by atoms with E-state index in [1.807, 2.05) is 41.8 Å². The van der Waals surface area contributed by atoms with Crippen molar-refractivity contribution in [1.82, 2.24) is 9.55 Å². The summed E-state index contributed by atoms with van der Waals surface area (Å²) in [5, 5.41) is 10.2. The molecule has 4 nitrogen and oxygen atoms in total. The van der Waals surface area contributed by atoms with E-state index in [4.69, 9.17) is 17.3 Å². The highest BCUT2D eigenvalue weighted by Crippen LogP contribution is 2.26. The zero-order valence-corrected chi connectivity index (χ0v) is 11.7. The third kappa shape index (κ3) is 2.03. The second kappa shape index (κ2) is 4.81. The number of anilines is 1. The first-order chi connectivity index (χ1) is 9.60. The molecule has 0 aliphatic carbocycles. The van der Waals surface area contributed by atoms with Gasteiger partial charge in [0.2, 0.25) is 0 Å². The van der Waals surface area contributed by atoms with Gasteiger partial charge in [-0.25, -0.2) is 4.98 Å². The standard InChI is InChI=1S/C15H14ClN3O/c1-9-2-4-11(7-12(9)16)19-14-5-3-10(17)6-13(14)18-15(19)8-20/h2-7,20H,8,17H2,1H3. The van der Waals surface area contributed by atoms with Crippen LogP contribution in [0, 0.1) is 6.92 Å². The number of nitrogens with two attached hydrogens (primary N) is 1. The number of aliphatic hydroxyl groups excluding tert-OH is 1. The van der Waals surface area contributed by atoms with Crippen molar-refractivity contribution in [3.8, 4) is 5.69 Å². The average Bonchev–Trinajstić information content (AvgIpc) is 2.79. The Morgan fingerprint density at radius 2 is 2.05 bits per heavy atom. The molecular weight excluding hydrogens is 274 g/mol. The molecule has 0 bridgehead atoms. The molecular formula is C15H14ClN3O. The summed E-state index contributed by atoms with van der Waals surface area (Å²) in [4.78, 5) is 4.41. The van der Waals surface area contributed by atoms with Gasteiger partial charge in [-0.05, 0) is 42.8 Å². The average molecular weight is 288 g/mol. The van der Waals surface area contributed by atoms with Crippen molar-refractivity contribution in [2.24, 2.45) is 0 Å². The SMILES string of the molecule is Cc1ccc(-n2c(CO)nc3cc(N)ccc32)cc1Cl. The number of halogens is 1. The summed E-state index contributed by atoms with van der Waals surface area (Å²) in [6, 6.07) is 11.3. The molecule has 0 saturated heterocycles. The summed E-state index contributed by atoms with van der Waals surface area (Å²) in [6.45, 7) is 1.80. The van der Waals surface area contributed by atoms with Gasteiger partial charge in [-0.15, -0.1) is 0 Å². The number of hydrogen-bond donors (Lipinski definition) is 2. The maximum Gasteiger partial charge on any atom is 0.140 e. The number of nitrogens with zero attached hydrogens (tertiary/aromatic N) is 2. The predicted octanol–water partition coefficient (Wildman–Crippen LogP) is 3.06. The third-order valence-corrected chi connectivity index (χ3v) is 3.71. The first-order valence-corrected chi connectivity index (χ1v) is 6.62. The van der Waals surface area contributed by atoms with E-state index in [0.29, 0.717) is 16.5 Å². The van der Waals surface area contributed by atoms with Crippen LogP contribution in [0.2, 0.25) is 5.02 Å². The van der Waals surface area contributed by atoms with E-state index in [1.165, 1.54) is 0 Å². The molecule has 0 saturated carbocycles. The highest BCUT2D eigenvalue weighted by molar-refractivity contribution is 6.31.